The molecule has 0 aliphatic heterocycles. The number of unbranched alkanes of at least 4 members (excludes halogenated alkanes) is 22. The lowest BCUT2D eigenvalue weighted by atomic mass is 10.00. The van der Waals surface area contributed by atoms with Crippen molar-refractivity contribution in [2.75, 3.05) is 6.61 Å². The van der Waals surface area contributed by atoms with E-state index < -0.39 is 36.9 Å². The third kappa shape index (κ3) is 30.6. The van der Waals surface area contributed by atoms with E-state index in [4.69, 9.17) is 0 Å². The Morgan fingerprint density at radius 3 is 1.42 bits per heavy atom. The molecule has 4 unspecified atom stereocenters. The first-order valence-corrected chi connectivity index (χ1v) is 20.4. The van der Waals surface area contributed by atoms with Crippen LogP contribution >= 0.6 is 0 Å². The summed E-state index contributed by atoms with van der Waals surface area (Å²) in [5.74, 6) is -0.599. The van der Waals surface area contributed by atoms with E-state index >= 15 is 0 Å². The van der Waals surface area contributed by atoms with Crippen molar-refractivity contribution in [3.8, 4) is 0 Å². The molecule has 0 saturated heterocycles. The van der Waals surface area contributed by atoms with Gasteiger partial charge in [0.25, 0.3) is 0 Å². The van der Waals surface area contributed by atoms with Gasteiger partial charge < -0.3 is 25.7 Å². The van der Waals surface area contributed by atoms with Gasteiger partial charge in [-0.25, -0.2) is 0 Å². The average molecular weight is 678 g/mol. The van der Waals surface area contributed by atoms with Crippen LogP contribution in [0.4, 0.5) is 0 Å². The molecule has 0 rings (SSSR count). The Balaban J connectivity index is 3.82. The van der Waals surface area contributed by atoms with Gasteiger partial charge in [-0.05, 0) is 64.2 Å². The van der Waals surface area contributed by atoms with Crippen molar-refractivity contribution in [3.63, 3.8) is 0 Å². The van der Waals surface area contributed by atoms with Crippen LogP contribution in [-0.2, 0) is 4.79 Å². The molecule has 0 heterocycles. The van der Waals surface area contributed by atoms with Crippen LogP contribution < -0.4 is 5.32 Å². The number of amides is 1. The molecule has 6 heteroatoms. The van der Waals surface area contributed by atoms with Crippen LogP contribution in [0.3, 0.4) is 0 Å². The lowest BCUT2D eigenvalue weighted by Crippen LogP contribution is -2.53. The van der Waals surface area contributed by atoms with E-state index in [2.05, 4.69) is 55.6 Å². The summed E-state index contributed by atoms with van der Waals surface area (Å²) in [6.07, 6.45) is 41.6. The lowest BCUT2D eigenvalue weighted by Gasteiger charge is -2.27. The molecule has 0 bridgehead atoms. The summed E-state index contributed by atoms with van der Waals surface area (Å²) in [6, 6.07) is -1.00. The van der Waals surface area contributed by atoms with Gasteiger partial charge in [-0.1, -0.05) is 166 Å². The number of aliphatic hydroxyl groups excluding tert-OH is 4. The van der Waals surface area contributed by atoms with Gasteiger partial charge in [-0.15, -0.1) is 0 Å². The van der Waals surface area contributed by atoms with Crippen LogP contribution in [-0.4, -0.2) is 57.3 Å². The van der Waals surface area contributed by atoms with Gasteiger partial charge in [0.15, 0.2) is 0 Å². The fourth-order valence-electron chi connectivity index (χ4n) is 6.04. The first kappa shape index (κ1) is 46.5. The molecule has 0 radical (unpaired) electrons. The van der Waals surface area contributed by atoms with Crippen LogP contribution in [0, 0.1) is 0 Å². The van der Waals surface area contributed by atoms with Gasteiger partial charge in [0.05, 0.1) is 18.8 Å². The molecule has 0 aromatic carbocycles. The predicted molar refractivity (Wildman–Crippen MR) is 205 cm³/mol. The molecule has 0 spiro atoms. The monoisotopic (exact) mass is 678 g/mol. The second kappa shape index (κ2) is 36.8. The molecule has 6 nitrogen and oxygen atoms in total. The summed E-state index contributed by atoms with van der Waals surface area (Å²) in [4.78, 5) is 12.5. The molecule has 5 N–H and O–H groups in total. The third-order valence-corrected chi connectivity index (χ3v) is 9.35. The number of allylic oxidation sites excluding steroid dienone is 6. The van der Waals surface area contributed by atoms with E-state index in [-0.39, 0.29) is 0 Å². The highest BCUT2D eigenvalue weighted by atomic mass is 16.3. The zero-order valence-corrected chi connectivity index (χ0v) is 31.5. The summed E-state index contributed by atoms with van der Waals surface area (Å²) in [6.45, 7) is 3.99. The number of hydrogen-bond acceptors (Lipinski definition) is 5. The summed E-state index contributed by atoms with van der Waals surface area (Å²) in [5.41, 5.74) is 0. The van der Waals surface area contributed by atoms with Crippen molar-refractivity contribution in [1.29, 1.82) is 0 Å². The number of carbonyl (C=O) groups is 1. The number of nitrogens with one attached hydrogen (secondary N) is 1. The number of carbonyl (C=O) groups excluding carboxylic acids is 1. The molecule has 0 aromatic rings. The van der Waals surface area contributed by atoms with E-state index in [1.807, 2.05) is 0 Å². The normalized spacial score (nSPS) is 14.7. The fraction of sp³-hybridized carbons (Fsp3) is 0.833. The maximum Gasteiger partial charge on any atom is 0.249 e. The van der Waals surface area contributed by atoms with Crippen LogP contribution in [0.15, 0.2) is 36.5 Å². The zero-order chi connectivity index (χ0) is 35.3. The van der Waals surface area contributed by atoms with Crippen LogP contribution in [0.2, 0.25) is 0 Å². The Labute approximate surface area is 297 Å². The molecule has 0 aliphatic rings. The molecule has 0 aliphatic carbocycles. The summed E-state index contributed by atoms with van der Waals surface area (Å²) >= 11 is 0. The topological polar surface area (TPSA) is 110 Å². The van der Waals surface area contributed by atoms with E-state index in [0.29, 0.717) is 12.8 Å². The van der Waals surface area contributed by atoms with Crippen molar-refractivity contribution in [3.05, 3.63) is 36.5 Å². The summed E-state index contributed by atoms with van der Waals surface area (Å²) in [7, 11) is 0. The summed E-state index contributed by atoms with van der Waals surface area (Å²) < 4.78 is 0. The number of hydrogen-bond donors (Lipinski definition) is 5. The Bertz CT molecular complexity index is 767. The van der Waals surface area contributed by atoms with Crippen molar-refractivity contribution in [1.82, 2.24) is 5.32 Å². The molecular weight excluding hydrogens is 598 g/mol. The average Bonchev–Trinajstić information content (AvgIpc) is 3.09. The van der Waals surface area contributed by atoms with E-state index in [9.17, 15) is 25.2 Å². The fourth-order valence-corrected chi connectivity index (χ4v) is 6.04. The van der Waals surface area contributed by atoms with E-state index in [0.717, 1.165) is 44.9 Å². The quantitative estimate of drug-likeness (QED) is 0.0258. The smallest absolute Gasteiger partial charge is 0.249 e. The van der Waals surface area contributed by atoms with Crippen molar-refractivity contribution in [2.45, 2.75) is 218 Å². The van der Waals surface area contributed by atoms with E-state index in [1.54, 1.807) is 0 Å². The third-order valence-electron chi connectivity index (χ3n) is 9.35. The van der Waals surface area contributed by atoms with Gasteiger partial charge in [0.1, 0.15) is 12.2 Å². The molecular formula is C42H79NO5. The van der Waals surface area contributed by atoms with Crippen molar-refractivity contribution >= 4 is 5.91 Å². The molecule has 4 atom stereocenters. The predicted octanol–water partition coefficient (Wildman–Crippen LogP) is 10.2. The largest absolute Gasteiger partial charge is 0.394 e. The van der Waals surface area contributed by atoms with Crippen LogP contribution in [0.1, 0.15) is 194 Å². The second-order valence-corrected chi connectivity index (χ2v) is 14.0. The lowest BCUT2D eigenvalue weighted by molar-refractivity contribution is -0.132. The van der Waals surface area contributed by atoms with Gasteiger partial charge in [0, 0.05) is 0 Å². The Morgan fingerprint density at radius 2 is 0.917 bits per heavy atom. The highest BCUT2D eigenvalue weighted by molar-refractivity contribution is 5.80. The Hall–Kier alpha value is -1.47. The second-order valence-electron chi connectivity index (χ2n) is 14.0. The first-order chi connectivity index (χ1) is 23.5. The Kier molecular flexibility index (Phi) is 35.7. The maximum atomic E-state index is 12.5. The molecule has 1 amide bonds. The Morgan fingerprint density at radius 1 is 0.521 bits per heavy atom. The molecule has 48 heavy (non-hydrogen) atoms. The van der Waals surface area contributed by atoms with Gasteiger partial charge in [-0.3, -0.25) is 4.79 Å². The van der Waals surface area contributed by atoms with Crippen molar-refractivity contribution in [2.24, 2.45) is 0 Å². The van der Waals surface area contributed by atoms with Crippen LogP contribution in [0.5, 0.6) is 0 Å². The minimum absolute atomic E-state index is 0.357. The minimum atomic E-state index is -1.28. The first-order valence-electron chi connectivity index (χ1n) is 20.4. The van der Waals surface area contributed by atoms with Gasteiger partial charge in [-0.2, -0.15) is 0 Å². The summed E-state index contributed by atoms with van der Waals surface area (Å²) in [5, 5.41) is 43.5. The highest BCUT2D eigenvalue weighted by Gasteiger charge is 2.28. The van der Waals surface area contributed by atoms with Crippen molar-refractivity contribution < 1.29 is 25.2 Å². The standard InChI is InChI=1S/C42H79NO5/c1-3-5-7-9-11-13-15-17-19-20-21-22-24-26-28-30-32-34-36-40(46)42(48)43-38(37-44)41(47)39(45)35-33-31-29-27-25-23-18-16-14-12-10-8-6-4-2/h11,13,15,17,27,29,38-41,44-47H,3-10,12,14,16,18-26,28,30-37H2,1-2H3,(H,43,48)/b13-11-,17-15-,29-27+. The number of aliphatic hydroxyl groups is 4. The molecule has 0 fully saturated rings. The molecule has 0 aromatic heterocycles. The maximum absolute atomic E-state index is 12.5. The zero-order valence-electron chi connectivity index (χ0n) is 31.5. The highest BCUT2D eigenvalue weighted by Crippen LogP contribution is 2.15. The van der Waals surface area contributed by atoms with Crippen LogP contribution in [0.25, 0.3) is 0 Å². The van der Waals surface area contributed by atoms with E-state index in [1.165, 1.54) is 122 Å². The van der Waals surface area contributed by atoms with Gasteiger partial charge >= 0.3 is 0 Å². The SMILES string of the molecule is CCCCC/C=C\C=C/CCCCCCCCCCCC(O)C(=O)NC(CO)C(O)C(O)CCC/C=C/CCCCCCCCCCC. The molecule has 0 saturated carbocycles. The van der Waals surface area contributed by atoms with Gasteiger partial charge in [0.2, 0.25) is 5.91 Å². The molecule has 282 valence electrons. The number of rotatable bonds is 36. The minimum Gasteiger partial charge on any atom is -0.394 e.